The van der Waals surface area contributed by atoms with Gasteiger partial charge in [-0.25, -0.2) is 0 Å². The van der Waals surface area contributed by atoms with Crippen molar-refractivity contribution < 1.29 is 4.74 Å². The van der Waals surface area contributed by atoms with Crippen molar-refractivity contribution in [3.63, 3.8) is 0 Å². The fraction of sp³-hybridized carbons (Fsp3) is 0.714. The highest BCUT2D eigenvalue weighted by Crippen LogP contribution is 2.14. The summed E-state index contributed by atoms with van der Waals surface area (Å²) >= 11 is 1.87. The molecule has 4 heteroatoms. The van der Waals surface area contributed by atoms with Gasteiger partial charge in [0.25, 0.3) is 0 Å². The van der Waals surface area contributed by atoms with Crippen molar-refractivity contribution in [1.29, 1.82) is 0 Å². The smallest absolute Gasteiger partial charge is 0.0593 e. The van der Waals surface area contributed by atoms with Crippen LogP contribution in [-0.2, 0) is 11.3 Å². The molecule has 1 aromatic rings. The fourth-order valence-electron chi connectivity index (χ4n) is 1.79. The highest BCUT2D eigenvalue weighted by molar-refractivity contribution is 7.11. The molecule has 0 aliphatic rings. The first-order valence-electron chi connectivity index (χ1n) is 6.82. The lowest BCUT2D eigenvalue weighted by Gasteiger charge is -2.20. The monoisotopic (exact) mass is 270 g/mol. The number of nitrogens with zero attached hydrogens (tertiary/aromatic N) is 1. The van der Waals surface area contributed by atoms with Crippen molar-refractivity contribution >= 4 is 11.3 Å². The van der Waals surface area contributed by atoms with E-state index in [2.05, 4.69) is 36.2 Å². The van der Waals surface area contributed by atoms with Gasteiger partial charge >= 0.3 is 0 Å². The Hall–Kier alpha value is -0.420. The Labute approximate surface area is 115 Å². The number of hydrogen-bond donors (Lipinski definition) is 1. The Morgan fingerprint density at radius 3 is 2.72 bits per heavy atom. The van der Waals surface area contributed by atoms with Crippen LogP contribution in [0.3, 0.4) is 0 Å². The third-order valence-corrected chi connectivity index (χ3v) is 3.90. The quantitative estimate of drug-likeness (QED) is 0.661. The first-order valence-corrected chi connectivity index (χ1v) is 7.64. The van der Waals surface area contributed by atoms with Gasteiger partial charge < -0.3 is 15.0 Å². The second-order valence-corrected chi connectivity index (χ2v) is 5.69. The average molecular weight is 270 g/mol. The van der Waals surface area contributed by atoms with E-state index < -0.39 is 0 Å². The summed E-state index contributed by atoms with van der Waals surface area (Å²) in [4.78, 5) is 5.23. The van der Waals surface area contributed by atoms with E-state index in [0.717, 1.165) is 45.9 Å². The highest BCUT2D eigenvalue weighted by Gasteiger charge is 2.02. The van der Waals surface area contributed by atoms with Crippen LogP contribution in [0.1, 0.15) is 23.6 Å². The van der Waals surface area contributed by atoms with Crippen LogP contribution in [0, 0.1) is 6.92 Å². The first-order chi connectivity index (χ1) is 8.76. The van der Waals surface area contributed by atoms with Crippen LogP contribution in [0.15, 0.2) is 12.1 Å². The van der Waals surface area contributed by atoms with Crippen molar-refractivity contribution in [2.45, 2.75) is 27.3 Å². The van der Waals surface area contributed by atoms with Gasteiger partial charge in [-0.2, -0.15) is 0 Å². The standard InChI is InChI=1S/C14H26N2OS/c1-4-16(10-11-17-5-2)9-8-15-12-14-7-6-13(3)18-14/h6-7,15H,4-5,8-12H2,1-3H3. The van der Waals surface area contributed by atoms with E-state index in [1.807, 2.05) is 18.3 Å². The number of thiophene rings is 1. The first kappa shape index (κ1) is 15.6. The molecule has 0 spiro atoms. The van der Waals surface area contributed by atoms with Crippen LogP contribution in [0.25, 0.3) is 0 Å². The molecule has 0 bridgehead atoms. The topological polar surface area (TPSA) is 24.5 Å². The van der Waals surface area contributed by atoms with Crippen LogP contribution < -0.4 is 5.32 Å². The number of likely N-dealkylation sites (N-methyl/N-ethyl adjacent to an activating group) is 1. The van der Waals surface area contributed by atoms with Gasteiger partial charge in [-0.1, -0.05) is 6.92 Å². The number of hydrogen-bond acceptors (Lipinski definition) is 4. The molecular formula is C14H26N2OS. The van der Waals surface area contributed by atoms with E-state index in [4.69, 9.17) is 4.74 Å². The summed E-state index contributed by atoms with van der Waals surface area (Å²) in [6.45, 7) is 13.3. The largest absolute Gasteiger partial charge is 0.380 e. The Morgan fingerprint density at radius 1 is 1.28 bits per heavy atom. The van der Waals surface area contributed by atoms with Crippen molar-refractivity contribution in [3.05, 3.63) is 21.9 Å². The fourth-order valence-corrected chi connectivity index (χ4v) is 2.65. The van der Waals surface area contributed by atoms with E-state index in [1.165, 1.54) is 9.75 Å². The molecule has 104 valence electrons. The molecule has 0 radical (unpaired) electrons. The molecule has 0 aliphatic carbocycles. The van der Waals surface area contributed by atoms with Crippen LogP contribution in [0.4, 0.5) is 0 Å². The number of nitrogens with one attached hydrogen (secondary N) is 1. The minimum absolute atomic E-state index is 0.813. The van der Waals surface area contributed by atoms with Gasteiger partial charge in [0.1, 0.15) is 0 Å². The summed E-state index contributed by atoms with van der Waals surface area (Å²) in [6.07, 6.45) is 0. The second-order valence-electron chi connectivity index (χ2n) is 4.32. The molecule has 0 saturated heterocycles. The van der Waals surface area contributed by atoms with Crippen LogP contribution in [0.2, 0.25) is 0 Å². The maximum atomic E-state index is 5.38. The Bertz CT molecular complexity index is 314. The summed E-state index contributed by atoms with van der Waals surface area (Å²) in [7, 11) is 0. The van der Waals surface area contributed by atoms with E-state index in [9.17, 15) is 0 Å². The van der Waals surface area contributed by atoms with Crippen LogP contribution >= 0.6 is 11.3 Å². The van der Waals surface area contributed by atoms with Crippen molar-refractivity contribution in [2.24, 2.45) is 0 Å². The molecule has 18 heavy (non-hydrogen) atoms. The zero-order valence-corrected chi connectivity index (χ0v) is 12.7. The minimum atomic E-state index is 0.813. The molecule has 1 heterocycles. The van der Waals surface area contributed by atoms with Gasteiger partial charge in [0.2, 0.25) is 0 Å². The maximum Gasteiger partial charge on any atom is 0.0593 e. The molecule has 0 fully saturated rings. The van der Waals surface area contributed by atoms with Gasteiger partial charge in [-0.15, -0.1) is 11.3 Å². The predicted octanol–water partition coefficient (Wildman–Crippen LogP) is 2.50. The molecule has 1 rings (SSSR count). The van der Waals surface area contributed by atoms with E-state index in [1.54, 1.807) is 0 Å². The summed E-state index contributed by atoms with van der Waals surface area (Å²) in [6, 6.07) is 4.39. The summed E-state index contributed by atoms with van der Waals surface area (Å²) in [5.41, 5.74) is 0. The maximum absolute atomic E-state index is 5.38. The van der Waals surface area contributed by atoms with Crippen molar-refractivity contribution in [1.82, 2.24) is 10.2 Å². The zero-order chi connectivity index (χ0) is 13.2. The average Bonchev–Trinajstić information content (AvgIpc) is 2.78. The predicted molar refractivity (Wildman–Crippen MR) is 79.4 cm³/mol. The lowest BCUT2D eigenvalue weighted by molar-refractivity contribution is 0.115. The summed E-state index contributed by atoms with van der Waals surface area (Å²) in [5, 5.41) is 3.50. The number of rotatable bonds is 10. The lowest BCUT2D eigenvalue weighted by Crippen LogP contribution is -2.34. The molecule has 0 saturated carbocycles. The number of ether oxygens (including phenoxy) is 1. The molecule has 3 nitrogen and oxygen atoms in total. The third kappa shape index (κ3) is 6.50. The summed E-state index contributed by atoms with van der Waals surface area (Å²) in [5.74, 6) is 0. The Balaban J connectivity index is 2.07. The molecule has 0 aliphatic heterocycles. The molecule has 0 unspecified atom stereocenters. The SMILES string of the molecule is CCOCCN(CC)CCNCc1ccc(C)s1. The lowest BCUT2D eigenvalue weighted by atomic mass is 10.4. The van der Waals surface area contributed by atoms with Crippen molar-refractivity contribution in [3.8, 4) is 0 Å². The van der Waals surface area contributed by atoms with Crippen LogP contribution in [0.5, 0.6) is 0 Å². The van der Waals surface area contributed by atoms with E-state index >= 15 is 0 Å². The minimum Gasteiger partial charge on any atom is -0.380 e. The molecular weight excluding hydrogens is 244 g/mol. The molecule has 0 atom stereocenters. The third-order valence-electron chi connectivity index (χ3n) is 2.90. The van der Waals surface area contributed by atoms with Gasteiger partial charge in [-0.3, -0.25) is 0 Å². The van der Waals surface area contributed by atoms with E-state index in [0.29, 0.717) is 0 Å². The van der Waals surface area contributed by atoms with Gasteiger partial charge in [0.15, 0.2) is 0 Å². The second kappa shape index (κ2) is 9.50. The van der Waals surface area contributed by atoms with Gasteiger partial charge in [-0.05, 0) is 32.5 Å². The Kier molecular flexibility index (Phi) is 8.25. The molecule has 0 amide bonds. The zero-order valence-electron chi connectivity index (χ0n) is 11.9. The van der Waals surface area contributed by atoms with Gasteiger partial charge in [0, 0.05) is 42.5 Å². The Morgan fingerprint density at radius 2 is 2.11 bits per heavy atom. The normalized spacial score (nSPS) is 11.3. The summed E-state index contributed by atoms with van der Waals surface area (Å²) < 4.78 is 5.38. The molecule has 0 aromatic carbocycles. The molecule has 1 N–H and O–H groups in total. The van der Waals surface area contributed by atoms with Gasteiger partial charge in [0.05, 0.1) is 6.61 Å². The van der Waals surface area contributed by atoms with Crippen molar-refractivity contribution in [2.75, 3.05) is 39.4 Å². The van der Waals surface area contributed by atoms with Crippen LogP contribution in [-0.4, -0.2) is 44.3 Å². The number of aryl methyl sites for hydroxylation is 1. The van der Waals surface area contributed by atoms with E-state index in [-0.39, 0.29) is 0 Å². The highest BCUT2D eigenvalue weighted by atomic mass is 32.1. The molecule has 1 aromatic heterocycles.